The van der Waals surface area contributed by atoms with Crippen molar-refractivity contribution in [3.8, 4) is 0 Å². The lowest BCUT2D eigenvalue weighted by Crippen LogP contribution is -2.62. The highest BCUT2D eigenvalue weighted by Gasteiger charge is 2.35. The molecule has 0 bridgehead atoms. The molecule has 0 aromatic rings. The van der Waals surface area contributed by atoms with Crippen molar-refractivity contribution in [2.75, 3.05) is 26.3 Å². The van der Waals surface area contributed by atoms with Crippen LogP contribution in [0.3, 0.4) is 0 Å². The predicted molar refractivity (Wildman–Crippen MR) is 88.7 cm³/mol. The van der Waals surface area contributed by atoms with Crippen LogP contribution in [0.1, 0.15) is 47.0 Å². The Hall–Kier alpha value is -1.34. The number of carbonyl (C=O) groups excluding carboxylic acids is 2. The first-order valence-electron chi connectivity index (χ1n) is 8.76. The molecule has 2 rings (SSSR count). The van der Waals surface area contributed by atoms with Crippen LogP contribution in [0.4, 0.5) is 4.79 Å². The average molecular weight is 342 g/mol. The van der Waals surface area contributed by atoms with E-state index in [0.29, 0.717) is 19.7 Å². The number of rotatable bonds is 5. The summed E-state index contributed by atoms with van der Waals surface area (Å²) >= 11 is 0. The number of nitrogens with one attached hydrogen (secondary N) is 1. The molecule has 0 unspecified atom stereocenters. The van der Waals surface area contributed by atoms with Gasteiger partial charge in [-0.2, -0.15) is 0 Å². The van der Waals surface area contributed by atoms with Crippen LogP contribution in [0.25, 0.3) is 0 Å². The van der Waals surface area contributed by atoms with Crippen molar-refractivity contribution in [2.24, 2.45) is 0 Å². The van der Waals surface area contributed by atoms with E-state index in [4.69, 9.17) is 14.2 Å². The third-order valence-corrected chi connectivity index (χ3v) is 4.05. The van der Waals surface area contributed by atoms with Crippen LogP contribution < -0.4 is 5.32 Å². The molecule has 2 amide bonds. The number of likely N-dealkylation sites (tertiary alicyclic amines) is 1. The van der Waals surface area contributed by atoms with Gasteiger partial charge in [0.05, 0.1) is 18.8 Å². The molecule has 0 aromatic carbocycles. The van der Waals surface area contributed by atoms with Crippen molar-refractivity contribution in [3.63, 3.8) is 0 Å². The Morgan fingerprint density at radius 2 is 2.00 bits per heavy atom. The molecule has 2 atom stereocenters. The van der Waals surface area contributed by atoms with E-state index in [-0.39, 0.29) is 24.1 Å². The second-order valence-corrected chi connectivity index (χ2v) is 7.55. The monoisotopic (exact) mass is 342 g/mol. The molecule has 7 heteroatoms. The summed E-state index contributed by atoms with van der Waals surface area (Å²) in [4.78, 5) is 25.5. The number of nitrogens with zero attached hydrogens (tertiary/aromatic N) is 1. The van der Waals surface area contributed by atoms with E-state index in [9.17, 15) is 9.59 Å². The maximum atomic E-state index is 12.1. The van der Waals surface area contributed by atoms with Crippen LogP contribution in [0.15, 0.2) is 0 Å². The fourth-order valence-corrected chi connectivity index (χ4v) is 2.63. The van der Waals surface area contributed by atoms with Gasteiger partial charge in [0.2, 0.25) is 5.91 Å². The molecule has 0 spiro atoms. The maximum absolute atomic E-state index is 12.1. The molecule has 2 aliphatic rings. The fraction of sp³-hybridized carbons (Fsp3) is 0.882. The number of hydrogen-bond acceptors (Lipinski definition) is 5. The molecular formula is C17H30N2O5. The molecule has 2 aliphatic heterocycles. The summed E-state index contributed by atoms with van der Waals surface area (Å²) in [5.41, 5.74) is -0.505. The molecule has 2 fully saturated rings. The van der Waals surface area contributed by atoms with E-state index in [1.165, 1.54) is 0 Å². The van der Waals surface area contributed by atoms with Gasteiger partial charge in [0, 0.05) is 19.7 Å². The summed E-state index contributed by atoms with van der Waals surface area (Å²) in [7, 11) is 0. The molecule has 0 saturated carbocycles. The molecule has 7 nitrogen and oxygen atoms in total. The second-order valence-electron chi connectivity index (χ2n) is 7.55. The first kappa shape index (κ1) is 19.0. The van der Waals surface area contributed by atoms with E-state index < -0.39 is 11.7 Å². The predicted octanol–water partition coefficient (Wildman–Crippen LogP) is 1.70. The van der Waals surface area contributed by atoms with Crippen LogP contribution in [-0.4, -0.2) is 67.1 Å². The SMILES string of the molecule is C[C@@H](OC[C@@H]1CCCCO1)C(=O)NC1CN(C(=O)OC(C)(C)C)C1. The molecule has 0 aromatic heterocycles. The fourth-order valence-electron chi connectivity index (χ4n) is 2.63. The number of hydrogen-bond donors (Lipinski definition) is 1. The third-order valence-electron chi connectivity index (χ3n) is 4.05. The lowest BCUT2D eigenvalue weighted by atomic mass is 10.1. The Kier molecular flexibility index (Phi) is 6.46. The minimum absolute atomic E-state index is 0.0398. The Bertz CT molecular complexity index is 437. The van der Waals surface area contributed by atoms with Crippen LogP contribution in [0, 0.1) is 0 Å². The van der Waals surface area contributed by atoms with Gasteiger partial charge in [-0.3, -0.25) is 4.79 Å². The van der Waals surface area contributed by atoms with Crippen LogP contribution in [-0.2, 0) is 19.0 Å². The molecule has 24 heavy (non-hydrogen) atoms. The Balaban J connectivity index is 1.62. The Labute approximate surface area is 144 Å². The van der Waals surface area contributed by atoms with Crippen molar-refractivity contribution in [3.05, 3.63) is 0 Å². The molecule has 1 N–H and O–H groups in total. The highest BCUT2D eigenvalue weighted by atomic mass is 16.6. The van der Waals surface area contributed by atoms with Crippen LogP contribution in [0.2, 0.25) is 0 Å². The van der Waals surface area contributed by atoms with Crippen molar-refractivity contribution in [2.45, 2.75) is 70.8 Å². The number of amides is 2. The zero-order chi connectivity index (χ0) is 17.7. The molecule has 2 saturated heterocycles. The minimum Gasteiger partial charge on any atom is -0.444 e. The van der Waals surface area contributed by atoms with E-state index in [2.05, 4.69) is 5.32 Å². The number of carbonyl (C=O) groups is 2. The van der Waals surface area contributed by atoms with Crippen molar-refractivity contribution < 1.29 is 23.8 Å². The Morgan fingerprint density at radius 3 is 2.58 bits per heavy atom. The first-order valence-corrected chi connectivity index (χ1v) is 8.76. The largest absolute Gasteiger partial charge is 0.444 e. The molecular weight excluding hydrogens is 312 g/mol. The molecule has 2 heterocycles. The lowest BCUT2D eigenvalue weighted by Gasteiger charge is -2.40. The molecule has 138 valence electrons. The molecule has 0 aliphatic carbocycles. The topological polar surface area (TPSA) is 77.1 Å². The first-order chi connectivity index (χ1) is 11.2. The second kappa shape index (κ2) is 8.16. The van der Waals surface area contributed by atoms with Gasteiger partial charge in [-0.1, -0.05) is 0 Å². The van der Waals surface area contributed by atoms with Gasteiger partial charge in [-0.05, 0) is 47.0 Å². The Morgan fingerprint density at radius 1 is 1.29 bits per heavy atom. The quantitative estimate of drug-likeness (QED) is 0.823. The zero-order valence-corrected chi connectivity index (χ0v) is 15.2. The normalized spacial score (nSPS) is 23.3. The van der Waals surface area contributed by atoms with Crippen LogP contribution >= 0.6 is 0 Å². The van der Waals surface area contributed by atoms with Gasteiger partial charge in [0.15, 0.2) is 0 Å². The summed E-state index contributed by atoms with van der Waals surface area (Å²) < 4.78 is 16.5. The van der Waals surface area contributed by atoms with E-state index in [1.807, 2.05) is 20.8 Å². The van der Waals surface area contributed by atoms with Crippen molar-refractivity contribution >= 4 is 12.0 Å². The highest BCUT2D eigenvalue weighted by Crippen LogP contribution is 2.16. The van der Waals surface area contributed by atoms with E-state index >= 15 is 0 Å². The maximum Gasteiger partial charge on any atom is 0.410 e. The lowest BCUT2D eigenvalue weighted by molar-refractivity contribution is -0.137. The molecule has 0 radical (unpaired) electrons. The standard InChI is InChI=1S/C17H30N2O5/c1-12(23-11-14-7-5-6-8-22-14)15(20)18-13-9-19(10-13)16(21)24-17(2,3)4/h12-14H,5-11H2,1-4H3,(H,18,20)/t12-,14+/m1/s1. The van der Waals surface area contributed by atoms with E-state index in [1.54, 1.807) is 11.8 Å². The zero-order valence-electron chi connectivity index (χ0n) is 15.2. The summed E-state index contributed by atoms with van der Waals surface area (Å²) in [6.07, 6.45) is 2.47. The van der Waals surface area contributed by atoms with Crippen molar-refractivity contribution in [1.29, 1.82) is 0 Å². The average Bonchev–Trinajstić information content (AvgIpc) is 2.46. The summed E-state index contributed by atoms with van der Waals surface area (Å²) in [6, 6.07) is -0.0398. The van der Waals surface area contributed by atoms with Gasteiger partial charge in [0.1, 0.15) is 11.7 Å². The van der Waals surface area contributed by atoms with E-state index in [0.717, 1.165) is 25.9 Å². The van der Waals surface area contributed by atoms with Crippen molar-refractivity contribution in [1.82, 2.24) is 10.2 Å². The highest BCUT2D eigenvalue weighted by molar-refractivity contribution is 5.81. The van der Waals surface area contributed by atoms with Gasteiger partial charge in [-0.25, -0.2) is 4.79 Å². The van der Waals surface area contributed by atoms with Crippen LogP contribution in [0.5, 0.6) is 0 Å². The smallest absolute Gasteiger partial charge is 0.410 e. The van der Waals surface area contributed by atoms with Gasteiger partial charge in [-0.15, -0.1) is 0 Å². The summed E-state index contributed by atoms with van der Waals surface area (Å²) in [5.74, 6) is -0.153. The van der Waals surface area contributed by atoms with Gasteiger partial charge < -0.3 is 24.4 Å². The minimum atomic E-state index is -0.522. The van der Waals surface area contributed by atoms with Gasteiger partial charge in [0.25, 0.3) is 0 Å². The third kappa shape index (κ3) is 5.94. The van der Waals surface area contributed by atoms with Gasteiger partial charge >= 0.3 is 6.09 Å². The summed E-state index contributed by atoms with van der Waals surface area (Å²) in [5, 5.41) is 2.90. The number of ether oxygens (including phenoxy) is 3. The summed E-state index contributed by atoms with van der Waals surface area (Å²) in [6.45, 7) is 9.40.